The van der Waals surface area contributed by atoms with E-state index in [2.05, 4.69) is 5.32 Å². The fourth-order valence-corrected chi connectivity index (χ4v) is 1.89. The van der Waals surface area contributed by atoms with E-state index in [0.29, 0.717) is 22.1 Å². The van der Waals surface area contributed by atoms with Gasteiger partial charge in [0.05, 0.1) is 17.1 Å². The van der Waals surface area contributed by atoms with Crippen LogP contribution in [0.3, 0.4) is 0 Å². The molecular formula is C14H14ClN3O. The standard InChI is InChI=1S/C14H14ClN3O/c15-11-3-1-2-4-13(11)18-14(19)7-9-5-6-10(16)8-12(9)17/h1-6,8H,7,16-17H2,(H,18,19). The lowest BCUT2D eigenvalue weighted by Gasteiger charge is -2.09. The monoisotopic (exact) mass is 275 g/mol. The second-order valence-electron chi connectivity index (χ2n) is 4.16. The van der Waals surface area contributed by atoms with E-state index in [1.54, 1.807) is 42.5 Å². The van der Waals surface area contributed by atoms with Crippen molar-refractivity contribution in [1.29, 1.82) is 0 Å². The number of anilines is 3. The van der Waals surface area contributed by atoms with E-state index in [0.717, 1.165) is 5.56 Å². The molecule has 0 aliphatic heterocycles. The highest BCUT2D eigenvalue weighted by molar-refractivity contribution is 6.33. The van der Waals surface area contributed by atoms with Crippen molar-refractivity contribution in [3.63, 3.8) is 0 Å². The quantitative estimate of drug-likeness (QED) is 0.753. The lowest BCUT2D eigenvalue weighted by Crippen LogP contribution is -2.15. The number of nitrogen functional groups attached to an aromatic ring is 2. The fraction of sp³-hybridized carbons (Fsp3) is 0.0714. The van der Waals surface area contributed by atoms with E-state index in [1.165, 1.54) is 0 Å². The molecule has 4 nitrogen and oxygen atoms in total. The molecule has 0 spiro atoms. The second-order valence-corrected chi connectivity index (χ2v) is 4.57. The third kappa shape index (κ3) is 3.39. The summed E-state index contributed by atoms with van der Waals surface area (Å²) in [7, 11) is 0. The zero-order chi connectivity index (χ0) is 13.8. The first-order valence-corrected chi connectivity index (χ1v) is 6.12. The predicted octanol–water partition coefficient (Wildman–Crippen LogP) is 2.69. The van der Waals surface area contributed by atoms with Crippen molar-refractivity contribution in [2.24, 2.45) is 0 Å². The largest absolute Gasteiger partial charge is 0.399 e. The van der Waals surface area contributed by atoms with Gasteiger partial charge in [-0.05, 0) is 29.8 Å². The van der Waals surface area contributed by atoms with Crippen LogP contribution >= 0.6 is 11.6 Å². The minimum atomic E-state index is -0.176. The summed E-state index contributed by atoms with van der Waals surface area (Å²) in [5, 5.41) is 3.24. The smallest absolute Gasteiger partial charge is 0.228 e. The molecule has 0 bridgehead atoms. The first kappa shape index (κ1) is 13.2. The van der Waals surface area contributed by atoms with Gasteiger partial charge in [0.25, 0.3) is 0 Å². The van der Waals surface area contributed by atoms with Crippen LogP contribution in [0.5, 0.6) is 0 Å². The summed E-state index contributed by atoms with van der Waals surface area (Å²) >= 11 is 5.97. The minimum Gasteiger partial charge on any atom is -0.399 e. The zero-order valence-corrected chi connectivity index (χ0v) is 10.9. The molecule has 5 N–H and O–H groups in total. The Morgan fingerprint density at radius 2 is 1.89 bits per heavy atom. The number of halogens is 1. The van der Waals surface area contributed by atoms with Crippen molar-refractivity contribution in [3.05, 3.63) is 53.1 Å². The van der Waals surface area contributed by atoms with Crippen molar-refractivity contribution in [3.8, 4) is 0 Å². The number of carbonyl (C=O) groups excluding carboxylic acids is 1. The normalized spacial score (nSPS) is 10.2. The lowest BCUT2D eigenvalue weighted by molar-refractivity contribution is -0.115. The van der Waals surface area contributed by atoms with Crippen LogP contribution in [0.1, 0.15) is 5.56 Å². The molecule has 0 atom stereocenters. The Labute approximate surface area is 116 Å². The Morgan fingerprint density at radius 1 is 1.16 bits per heavy atom. The van der Waals surface area contributed by atoms with Crippen LogP contribution in [0.25, 0.3) is 0 Å². The van der Waals surface area contributed by atoms with Gasteiger partial charge in [0.15, 0.2) is 0 Å². The van der Waals surface area contributed by atoms with Crippen LogP contribution in [0.4, 0.5) is 17.1 Å². The van der Waals surface area contributed by atoms with E-state index >= 15 is 0 Å². The molecule has 0 aliphatic rings. The van der Waals surface area contributed by atoms with E-state index in [-0.39, 0.29) is 12.3 Å². The molecule has 0 saturated carbocycles. The van der Waals surface area contributed by atoms with Gasteiger partial charge in [-0.15, -0.1) is 0 Å². The Bertz CT molecular complexity index is 613. The Hall–Kier alpha value is -2.20. The number of hydrogen-bond donors (Lipinski definition) is 3. The van der Waals surface area contributed by atoms with E-state index in [1.807, 2.05) is 0 Å². The molecule has 0 unspecified atom stereocenters. The molecule has 0 aliphatic carbocycles. The Morgan fingerprint density at radius 3 is 2.58 bits per heavy atom. The minimum absolute atomic E-state index is 0.176. The molecule has 0 radical (unpaired) electrons. The highest BCUT2D eigenvalue weighted by Gasteiger charge is 2.08. The summed E-state index contributed by atoms with van der Waals surface area (Å²) in [5.41, 5.74) is 13.8. The Kier molecular flexibility index (Phi) is 3.92. The number of hydrogen-bond acceptors (Lipinski definition) is 3. The molecular weight excluding hydrogens is 262 g/mol. The number of para-hydroxylation sites is 1. The van der Waals surface area contributed by atoms with Crippen molar-refractivity contribution < 1.29 is 4.79 Å². The average Bonchev–Trinajstić information content (AvgIpc) is 2.36. The van der Waals surface area contributed by atoms with Crippen molar-refractivity contribution >= 4 is 34.6 Å². The van der Waals surface area contributed by atoms with Gasteiger partial charge in [-0.3, -0.25) is 4.79 Å². The van der Waals surface area contributed by atoms with Gasteiger partial charge in [0, 0.05) is 11.4 Å². The molecule has 2 aromatic rings. The first-order valence-electron chi connectivity index (χ1n) is 5.74. The highest BCUT2D eigenvalue weighted by Crippen LogP contribution is 2.21. The maximum absolute atomic E-state index is 11.9. The van der Waals surface area contributed by atoms with Crippen molar-refractivity contribution in [2.45, 2.75) is 6.42 Å². The highest BCUT2D eigenvalue weighted by atomic mass is 35.5. The Balaban J connectivity index is 2.08. The number of benzene rings is 2. The SMILES string of the molecule is Nc1ccc(CC(=O)Nc2ccccc2Cl)c(N)c1. The van der Waals surface area contributed by atoms with Crippen molar-refractivity contribution in [2.75, 3.05) is 16.8 Å². The zero-order valence-electron chi connectivity index (χ0n) is 10.2. The summed E-state index contributed by atoms with van der Waals surface area (Å²) < 4.78 is 0. The number of nitrogens with one attached hydrogen (secondary N) is 1. The van der Waals surface area contributed by atoms with Gasteiger partial charge >= 0.3 is 0 Å². The summed E-state index contributed by atoms with van der Waals surface area (Å²) in [6.45, 7) is 0. The molecule has 19 heavy (non-hydrogen) atoms. The third-order valence-electron chi connectivity index (χ3n) is 2.67. The molecule has 98 valence electrons. The predicted molar refractivity (Wildman–Crippen MR) is 79.1 cm³/mol. The molecule has 2 rings (SSSR count). The van der Waals surface area contributed by atoms with Crippen LogP contribution in [0.15, 0.2) is 42.5 Å². The third-order valence-corrected chi connectivity index (χ3v) is 3.00. The summed E-state index contributed by atoms with van der Waals surface area (Å²) in [5.74, 6) is -0.176. The first-order chi connectivity index (χ1) is 9.06. The van der Waals surface area contributed by atoms with E-state index in [9.17, 15) is 4.79 Å². The number of amides is 1. The average molecular weight is 276 g/mol. The maximum Gasteiger partial charge on any atom is 0.228 e. The maximum atomic E-state index is 11.9. The molecule has 0 fully saturated rings. The van der Waals surface area contributed by atoms with Crippen LogP contribution in [0, 0.1) is 0 Å². The van der Waals surface area contributed by atoms with Crippen LogP contribution < -0.4 is 16.8 Å². The molecule has 2 aromatic carbocycles. The van der Waals surface area contributed by atoms with Gasteiger partial charge in [0.2, 0.25) is 5.91 Å². The summed E-state index contributed by atoms with van der Waals surface area (Å²) in [6.07, 6.45) is 0.178. The van der Waals surface area contributed by atoms with Crippen LogP contribution in [-0.4, -0.2) is 5.91 Å². The molecule has 0 saturated heterocycles. The molecule has 0 heterocycles. The second kappa shape index (κ2) is 5.63. The summed E-state index contributed by atoms with van der Waals surface area (Å²) in [4.78, 5) is 11.9. The number of rotatable bonds is 3. The fourth-order valence-electron chi connectivity index (χ4n) is 1.70. The molecule has 5 heteroatoms. The van der Waals surface area contributed by atoms with Crippen molar-refractivity contribution in [1.82, 2.24) is 0 Å². The van der Waals surface area contributed by atoms with Gasteiger partial charge < -0.3 is 16.8 Å². The van der Waals surface area contributed by atoms with Gasteiger partial charge in [-0.1, -0.05) is 29.8 Å². The topological polar surface area (TPSA) is 81.1 Å². The number of carbonyl (C=O) groups is 1. The lowest BCUT2D eigenvalue weighted by atomic mass is 10.1. The van der Waals surface area contributed by atoms with Gasteiger partial charge in [-0.25, -0.2) is 0 Å². The number of nitrogens with two attached hydrogens (primary N) is 2. The molecule has 1 amide bonds. The van der Waals surface area contributed by atoms with Gasteiger partial charge in [-0.2, -0.15) is 0 Å². The van der Waals surface area contributed by atoms with Crippen LogP contribution in [-0.2, 0) is 11.2 Å². The summed E-state index contributed by atoms with van der Waals surface area (Å²) in [6, 6.07) is 12.2. The molecule has 0 aromatic heterocycles. The van der Waals surface area contributed by atoms with Crippen LogP contribution in [0.2, 0.25) is 5.02 Å². The van der Waals surface area contributed by atoms with E-state index in [4.69, 9.17) is 23.1 Å². The van der Waals surface area contributed by atoms with E-state index < -0.39 is 0 Å². The van der Waals surface area contributed by atoms with Gasteiger partial charge in [0.1, 0.15) is 0 Å².